The Labute approximate surface area is 180 Å². The van der Waals surface area contributed by atoms with Crippen LogP contribution in [0.5, 0.6) is 11.5 Å². The molecule has 9 heteroatoms. The quantitative estimate of drug-likeness (QED) is 0.211. The highest BCUT2D eigenvalue weighted by Gasteiger charge is 2.05. The van der Waals surface area contributed by atoms with Gasteiger partial charge in [-0.25, -0.2) is 4.99 Å². The van der Waals surface area contributed by atoms with Crippen LogP contribution in [0.15, 0.2) is 40.7 Å². The van der Waals surface area contributed by atoms with E-state index >= 15 is 0 Å². The monoisotopic (exact) mass is 504 g/mol. The largest absolute Gasteiger partial charge is 0.493 e. The molecule has 0 fully saturated rings. The molecule has 0 aliphatic heterocycles. The lowest BCUT2D eigenvalue weighted by Gasteiger charge is -2.09. The molecule has 0 spiro atoms. The van der Waals surface area contributed by atoms with Crippen molar-refractivity contribution in [1.82, 2.24) is 10.6 Å². The maximum Gasteiger partial charge on any atom is 0.261 e. The van der Waals surface area contributed by atoms with Crippen molar-refractivity contribution in [1.29, 1.82) is 0 Å². The molecular formula is C18H25IN4O3S. The molecule has 0 unspecified atom stereocenters. The molecule has 1 aromatic carbocycles. The second-order valence-corrected chi connectivity index (χ2v) is 6.35. The lowest BCUT2D eigenvalue weighted by Crippen LogP contribution is -2.34. The van der Waals surface area contributed by atoms with Crippen LogP contribution in [0.3, 0.4) is 0 Å². The van der Waals surface area contributed by atoms with E-state index in [-0.39, 0.29) is 29.9 Å². The minimum atomic E-state index is -0.0462. The first-order chi connectivity index (χ1) is 12.6. The van der Waals surface area contributed by atoms with E-state index in [0.29, 0.717) is 42.0 Å². The van der Waals surface area contributed by atoms with Gasteiger partial charge < -0.3 is 25.8 Å². The highest BCUT2D eigenvalue weighted by Crippen LogP contribution is 2.27. The Kier molecular flexibility index (Phi) is 10.6. The third kappa shape index (κ3) is 7.63. The summed E-state index contributed by atoms with van der Waals surface area (Å²) in [4.78, 5) is 16.8. The topological polar surface area (TPSA) is 98.0 Å². The first-order valence-electron chi connectivity index (χ1n) is 8.20. The fourth-order valence-electron chi connectivity index (χ4n) is 2.21. The summed E-state index contributed by atoms with van der Waals surface area (Å²) in [5, 5.41) is 7.78. The molecule has 4 N–H and O–H groups in total. The van der Waals surface area contributed by atoms with Gasteiger partial charge in [0.05, 0.1) is 25.6 Å². The number of amides is 1. The van der Waals surface area contributed by atoms with Crippen molar-refractivity contribution in [2.45, 2.75) is 13.0 Å². The van der Waals surface area contributed by atoms with Crippen LogP contribution in [0, 0.1) is 0 Å². The Hall–Kier alpha value is -2.01. The van der Waals surface area contributed by atoms with E-state index in [0.717, 1.165) is 12.0 Å². The molecule has 2 aromatic rings. The Balaban J connectivity index is 0.00000364. The highest BCUT2D eigenvalue weighted by molar-refractivity contribution is 14.0. The number of carbonyl (C=O) groups excluding carboxylic acids is 1. The standard InChI is InChI=1S/C18H24N4O3S.HI/c1-24-14-7-6-13(11-15(14)25-2)12-22-18(19)21-9-4-8-20-17(23)16-5-3-10-26-16;/h3,5-7,10-11H,4,8-9,12H2,1-2H3,(H,20,23)(H3,19,21,22);1H. The number of benzene rings is 1. The fraction of sp³-hybridized carbons (Fsp3) is 0.333. The Bertz CT molecular complexity index is 738. The van der Waals surface area contributed by atoms with Crippen molar-refractivity contribution in [3.8, 4) is 11.5 Å². The summed E-state index contributed by atoms with van der Waals surface area (Å²) in [5.41, 5.74) is 6.83. The fourth-order valence-corrected chi connectivity index (χ4v) is 2.85. The Morgan fingerprint density at radius 2 is 1.89 bits per heavy atom. The SMILES string of the molecule is COc1ccc(CN=C(N)NCCCNC(=O)c2cccs2)cc1OC.I. The molecule has 1 amide bonds. The number of rotatable bonds is 9. The molecule has 27 heavy (non-hydrogen) atoms. The van der Waals surface area contributed by atoms with Crippen LogP contribution in [0.25, 0.3) is 0 Å². The number of nitrogens with zero attached hydrogens (tertiary/aromatic N) is 1. The molecular weight excluding hydrogens is 479 g/mol. The average Bonchev–Trinajstić information content (AvgIpc) is 3.20. The zero-order valence-electron chi connectivity index (χ0n) is 15.4. The highest BCUT2D eigenvalue weighted by atomic mass is 127. The van der Waals surface area contributed by atoms with E-state index in [4.69, 9.17) is 15.2 Å². The lowest BCUT2D eigenvalue weighted by molar-refractivity contribution is 0.0957. The van der Waals surface area contributed by atoms with Gasteiger partial charge in [-0.2, -0.15) is 0 Å². The van der Waals surface area contributed by atoms with Crippen LogP contribution >= 0.6 is 35.3 Å². The van der Waals surface area contributed by atoms with Gasteiger partial charge in [0, 0.05) is 13.1 Å². The van der Waals surface area contributed by atoms with Crippen molar-refractivity contribution >= 4 is 47.2 Å². The molecule has 0 bridgehead atoms. The van der Waals surface area contributed by atoms with Gasteiger partial charge in [-0.15, -0.1) is 35.3 Å². The van der Waals surface area contributed by atoms with Crippen LogP contribution in [0.2, 0.25) is 0 Å². The number of hydrogen-bond acceptors (Lipinski definition) is 5. The third-order valence-electron chi connectivity index (χ3n) is 3.57. The Morgan fingerprint density at radius 3 is 2.56 bits per heavy atom. The molecule has 7 nitrogen and oxygen atoms in total. The molecule has 0 atom stereocenters. The summed E-state index contributed by atoms with van der Waals surface area (Å²) >= 11 is 1.43. The first-order valence-corrected chi connectivity index (χ1v) is 9.08. The van der Waals surface area contributed by atoms with Gasteiger partial charge >= 0.3 is 0 Å². The van der Waals surface area contributed by atoms with E-state index in [1.165, 1.54) is 11.3 Å². The van der Waals surface area contributed by atoms with Gasteiger partial charge in [0.15, 0.2) is 17.5 Å². The lowest BCUT2D eigenvalue weighted by atomic mass is 10.2. The van der Waals surface area contributed by atoms with Gasteiger partial charge in [-0.3, -0.25) is 4.79 Å². The number of nitrogens with two attached hydrogens (primary N) is 1. The van der Waals surface area contributed by atoms with Crippen molar-refractivity contribution in [3.63, 3.8) is 0 Å². The van der Waals surface area contributed by atoms with E-state index in [2.05, 4.69) is 15.6 Å². The second-order valence-electron chi connectivity index (χ2n) is 5.40. The number of nitrogens with one attached hydrogen (secondary N) is 2. The van der Waals surface area contributed by atoms with Crippen molar-refractivity contribution in [3.05, 3.63) is 46.2 Å². The predicted octanol–water partition coefficient (Wildman–Crippen LogP) is 2.61. The second kappa shape index (κ2) is 12.4. The van der Waals surface area contributed by atoms with Gasteiger partial charge in [0.1, 0.15) is 0 Å². The zero-order valence-corrected chi connectivity index (χ0v) is 18.5. The normalized spacial score (nSPS) is 10.7. The van der Waals surface area contributed by atoms with Crippen LogP contribution in [0.1, 0.15) is 21.7 Å². The third-order valence-corrected chi connectivity index (χ3v) is 4.44. The summed E-state index contributed by atoms with van der Waals surface area (Å²) in [6.07, 6.45) is 0.754. The van der Waals surface area contributed by atoms with E-state index in [9.17, 15) is 4.79 Å². The van der Waals surface area contributed by atoms with Gasteiger partial charge in [-0.05, 0) is 35.6 Å². The number of methoxy groups -OCH3 is 2. The molecule has 0 radical (unpaired) electrons. The molecule has 0 saturated heterocycles. The summed E-state index contributed by atoms with van der Waals surface area (Å²) in [7, 11) is 3.19. The van der Waals surface area contributed by atoms with Crippen molar-refractivity contribution < 1.29 is 14.3 Å². The van der Waals surface area contributed by atoms with Gasteiger partial charge in [0.2, 0.25) is 0 Å². The number of ether oxygens (including phenoxy) is 2. The molecule has 1 heterocycles. The average molecular weight is 504 g/mol. The zero-order chi connectivity index (χ0) is 18.8. The summed E-state index contributed by atoms with van der Waals surface area (Å²) < 4.78 is 10.5. The van der Waals surface area contributed by atoms with Crippen LogP contribution in [0.4, 0.5) is 0 Å². The van der Waals surface area contributed by atoms with Crippen molar-refractivity contribution in [2.75, 3.05) is 27.3 Å². The number of thiophene rings is 1. The van der Waals surface area contributed by atoms with Crippen LogP contribution in [-0.4, -0.2) is 39.2 Å². The maximum atomic E-state index is 11.8. The Morgan fingerprint density at radius 1 is 1.15 bits per heavy atom. The maximum absolute atomic E-state index is 11.8. The summed E-state index contributed by atoms with van der Waals surface area (Å²) in [6, 6.07) is 9.28. The molecule has 0 aliphatic rings. The minimum absolute atomic E-state index is 0. The number of halogens is 1. The number of hydrogen-bond donors (Lipinski definition) is 3. The molecule has 1 aromatic heterocycles. The molecule has 0 aliphatic carbocycles. The van der Waals surface area contributed by atoms with Gasteiger partial charge in [0.25, 0.3) is 5.91 Å². The predicted molar refractivity (Wildman–Crippen MR) is 120 cm³/mol. The number of guanidine groups is 1. The number of carbonyl (C=O) groups is 1. The first kappa shape index (κ1) is 23.0. The van der Waals surface area contributed by atoms with Crippen LogP contribution < -0.4 is 25.8 Å². The smallest absolute Gasteiger partial charge is 0.261 e. The van der Waals surface area contributed by atoms with Crippen LogP contribution in [-0.2, 0) is 6.54 Å². The van der Waals surface area contributed by atoms with E-state index < -0.39 is 0 Å². The van der Waals surface area contributed by atoms with Crippen molar-refractivity contribution in [2.24, 2.45) is 10.7 Å². The van der Waals surface area contributed by atoms with E-state index in [1.807, 2.05) is 29.6 Å². The minimum Gasteiger partial charge on any atom is -0.493 e. The summed E-state index contributed by atoms with van der Waals surface area (Å²) in [5.74, 6) is 1.66. The van der Waals surface area contributed by atoms with E-state index in [1.54, 1.807) is 20.3 Å². The molecule has 0 saturated carbocycles. The molecule has 2 rings (SSSR count). The molecule has 148 valence electrons. The number of aliphatic imine (C=N–C) groups is 1. The van der Waals surface area contributed by atoms with Gasteiger partial charge in [-0.1, -0.05) is 12.1 Å². The summed E-state index contributed by atoms with van der Waals surface area (Å²) in [6.45, 7) is 1.65.